The molecule has 0 radical (unpaired) electrons. The third kappa shape index (κ3) is 4.11. The van der Waals surface area contributed by atoms with Crippen molar-refractivity contribution in [2.24, 2.45) is 0 Å². The lowest BCUT2D eigenvalue weighted by atomic mass is 10.2. The van der Waals surface area contributed by atoms with E-state index in [9.17, 15) is 22.8 Å². The van der Waals surface area contributed by atoms with Gasteiger partial charge in [0.05, 0.1) is 47.0 Å². The number of fused-ring (bicyclic) bond motifs is 2. The Labute approximate surface area is 194 Å². The molecule has 1 amide bonds. The number of imidazole rings is 1. The normalized spacial score (nSPS) is 11.9. The van der Waals surface area contributed by atoms with Gasteiger partial charge in [-0.2, -0.15) is 18.3 Å². The van der Waals surface area contributed by atoms with Gasteiger partial charge < -0.3 is 5.32 Å². The van der Waals surface area contributed by atoms with Crippen LogP contribution in [-0.2, 0) is 11.3 Å². The summed E-state index contributed by atoms with van der Waals surface area (Å²) >= 11 is 0. The Morgan fingerprint density at radius 2 is 1.91 bits per heavy atom. The molecule has 1 aromatic carbocycles. The highest BCUT2D eigenvalue weighted by Crippen LogP contribution is 2.24. The van der Waals surface area contributed by atoms with Crippen molar-refractivity contribution in [2.75, 3.05) is 6.54 Å². The van der Waals surface area contributed by atoms with Gasteiger partial charge in [-0.1, -0.05) is 12.1 Å². The standard InChI is InChI=1S/C22H17F3N8O2/c1-13-3-2-4-16-20(13)33(21(35)31(16)11-19(34)29-12-22(23,24)25)18-10-27-15(8-28-18)14-7-30-32-6-5-26-9-17(14)32/h2-10H,11-12H2,1H3,(H,29,34). The molecule has 0 aliphatic carbocycles. The van der Waals surface area contributed by atoms with Crippen LogP contribution in [0.15, 0.2) is 60.2 Å². The van der Waals surface area contributed by atoms with Crippen LogP contribution in [0.5, 0.6) is 0 Å². The quantitative estimate of drug-likeness (QED) is 0.411. The number of nitrogens with zero attached hydrogens (tertiary/aromatic N) is 7. The summed E-state index contributed by atoms with van der Waals surface area (Å²) in [5, 5.41) is 6.04. The third-order valence-corrected chi connectivity index (χ3v) is 5.41. The van der Waals surface area contributed by atoms with Gasteiger partial charge in [-0.25, -0.2) is 18.9 Å². The number of aromatic nitrogens is 7. The van der Waals surface area contributed by atoms with Crippen molar-refractivity contribution in [1.29, 1.82) is 0 Å². The van der Waals surface area contributed by atoms with Gasteiger partial charge in [0.2, 0.25) is 5.91 Å². The predicted octanol–water partition coefficient (Wildman–Crippen LogP) is 2.28. The molecule has 4 aromatic heterocycles. The minimum absolute atomic E-state index is 0.196. The van der Waals surface area contributed by atoms with Crippen LogP contribution < -0.4 is 11.0 Å². The molecule has 5 aromatic rings. The molecule has 178 valence electrons. The first kappa shape index (κ1) is 22.3. The zero-order chi connectivity index (χ0) is 24.7. The van der Waals surface area contributed by atoms with E-state index in [1.54, 1.807) is 59.7 Å². The number of nitrogens with one attached hydrogen (secondary N) is 1. The van der Waals surface area contributed by atoms with Gasteiger partial charge in [0.1, 0.15) is 13.1 Å². The average Bonchev–Trinajstić information content (AvgIpc) is 3.38. The number of para-hydroxylation sites is 1. The van der Waals surface area contributed by atoms with E-state index in [-0.39, 0.29) is 5.82 Å². The van der Waals surface area contributed by atoms with Crippen LogP contribution in [0.4, 0.5) is 13.2 Å². The molecule has 10 nitrogen and oxygen atoms in total. The highest BCUT2D eigenvalue weighted by Gasteiger charge is 2.28. The first-order valence-electron chi connectivity index (χ1n) is 10.4. The Kier molecular flexibility index (Phi) is 5.30. The monoisotopic (exact) mass is 482 g/mol. The van der Waals surface area contributed by atoms with Crippen molar-refractivity contribution in [1.82, 2.24) is 39.0 Å². The Morgan fingerprint density at radius 3 is 2.66 bits per heavy atom. The van der Waals surface area contributed by atoms with Gasteiger partial charge in [-0.15, -0.1) is 0 Å². The first-order valence-corrected chi connectivity index (χ1v) is 10.4. The van der Waals surface area contributed by atoms with E-state index in [0.29, 0.717) is 27.9 Å². The van der Waals surface area contributed by atoms with Crippen LogP contribution in [-0.4, -0.2) is 52.3 Å². The molecule has 0 bridgehead atoms. The molecule has 0 atom stereocenters. The highest BCUT2D eigenvalue weighted by molar-refractivity contribution is 5.84. The fourth-order valence-electron chi connectivity index (χ4n) is 3.84. The largest absolute Gasteiger partial charge is 0.405 e. The zero-order valence-electron chi connectivity index (χ0n) is 18.2. The van der Waals surface area contributed by atoms with Gasteiger partial charge >= 0.3 is 11.9 Å². The van der Waals surface area contributed by atoms with E-state index in [4.69, 9.17) is 0 Å². The Hall–Kier alpha value is -4.55. The van der Waals surface area contributed by atoms with E-state index in [2.05, 4.69) is 20.1 Å². The molecule has 0 saturated heterocycles. The summed E-state index contributed by atoms with van der Waals surface area (Å²) in [5.41, 5.74) is 2.89. The van der Waals surface area contributed by atoms with Crippen LogP contribution >= 0.6 is 0 Å². The van der Waals surface area contributed by atoms with E-state index < -0.39 is 30.9 Å². The molecule has 0 fully saturated rings. The second kappa shape index (κ2) is 8.34. The summed E-state index contributed by atoms with van der Waals surface area (Å²) in [4.78, 5) is 38.4. The Bertz CT molecular complexity index is 1620. The zero-order valence-corrected chi connectivity index (χ0v) is 18.2. The second-order valence-electron chi connectivity index (χ2n) is 7.76. The number of hydrogen-bond donors (Lipinski definition) is 1. The van der Waals surface area contributed by atoms with Crippen molar-refractivity contribution in [3.05, 3.63) is 71.4 Å². The van der Waals surface area contributed by atoms with Crippen LogP contribution in [0, 0.1) is 6.92 Å². The van der Waals surface area contributed by atoms with Gasteiger partial charge in [0.15, 0.2) is 5.82 Å². The van der Waals surface area contributed by atoms with Gasteiger partial charge in [-0.05, 0) is 18.6 Å². The maximum atomic E-state index is 13.3. The maximum absolute atomic E-state index is 13.3. The van der Waals surface area contributed by atoms with Gasteiger partial charge in [0.25, 0.3) is 0 Å². The van der Waals surface area contributed by atoms with Crippen molar-refractivity contribution >= 4 is 22.5 Å². The van der Waals surface area contributed by atoms with Crippen LogP contribution in [0.3, 0.4) is 0 Å². The molecule has 5 rings (SSSR count). The number of halogens is 3. The minimum Gasteiger partial charge on any atom is -0.345 e. The smallest absolute Gasteiger partial charge is 0.345 e. The molecule has 1 N–H and O–H groups in total. The molecule has 13 heteroatoms. The molecular formula is C22H17F3N8O2. The number of alkyl halides is 3. The number of aryl methyl sites for hydroxylation is 1. The highest BCUT2D eigenvalue weighted by atomic mass is 19.4. The second-order valence-corrected chi connectivity index (χ2v) is 7.76. The van der Waals surface area contributed by atoms with Crippen LogP contribution in [0.25, 0.3) is 33.6 Å². The lowest BCUT2D eigenvalue weighted by molar-refractivity contribution is -0.138. The summed E-state index contributed by atoms with van der Waals surface area (Å²) < 4.78 is 41.5. The summed E-state index contributed by atoms with van der Waals surface area (Å²) in [6, 6.07) is 5.09. The number of hydrogen-bond acceptors (Lipinski definition) is 6. The number of benzene rings is 1. The minimum atomic E-state index is -4.56. The summed E-state index contributed by atoms with van der Waals surface area (Å²) in [6.45, 7) is -0.285. The van der Waals surface area contributed by atoms with E-state index >= 15 is 0 Å². The Balaban J connectivity index is 1.55. The first-order chi connectivity index (χ1) is 16.7. The SMILES string of the molecule is Cc1cccc2c1n(-c1cnc(-c3cnn4ccncc34)cn1)c(=O)n2CC(=O)NCC(F)(F)F. The van der Waals surface area contributed by atoms with Crippen LogP contribution in [0.1, 0.15) is 5.56 Å². The summed E-state index contributed by atoms with van der Waals surface area (Å²) in [7, 11) is 0. The lowest BCUT2D eigenvalue weighted by Gasteiger charge is -2.08. The molecule has 35 heavy (non-hydrogen) atoms. The van der Waals surface area contributed by atoms with E-state index in [0.717, 1.165) is 10.1 Å². The number of carbonyl (C=O) groups excluding carboxylic acids is 1. The predicted molar refractivity (Wildman–Crippen MR) is 119 cm³/mol. The topological polar surface area (TPSA) is 112 Å². The molecule has 0 saturated carbocycles. The maximum Gasteiger partial charge on any atom is 0.405 e. The number of carbonyl (C=O) groups is 1. The summed E-state index contributed by atoms with van der Waals surface area (Å²) in [5.74, 6) is -0.741. The lowest BCUT2D eigenvalue weighted by Crippen LogP contribution is -2.38. The molecule has 0 spiro atoms. The van der Waals surface area contributed by atoms with Crippen molar-refractivity contribution in [3.8, 4) is 17.1 Å². The van der Waals surface area contributed by atoms with Gasteiger partial charge in [-0.3, -0.25) is 19.3 Å². The number of amides is 1. The molecular weight excluding hydrogens is 465 g/mol. The van der Waals surface area contributed by atoms with Crippen molar-refractivity contribution in [2.45, 2.75) is 19.6 Å². The average molecular weight is 482 g/mol. The molecule has 0 aliphatic rings. The van der Waals surface area contributed by atoms with Crippen molar-refractivity contribution in [3.63, 3.8) is 0 Å². The van der Waals surface area contributed by atoms with Crippen LogP contribution in [0.2, 0.25) is 0 Å². The van der Waals surface area contributed by atoms with E-state index in [1.807, 2.05) is 0 Å². The van der Waals surface area contributed by atoms with Crippen molar-refractivity contribution < 1.29 is 18.0 Å². The van der Waals surface area contributed by atoms with E-state index in [1.165, 1.54) is 17.0 Å². The molecule has 0 aliphatic heterocycles. The fourth-order valence-corrected chi connectivity index (χ4v) is 3.84. The fraction of sp³-hybridized carbons (Fsp3) is 0.182. The number of rotatable bonds is 5. The molecule has 4 heterocycles. The molecule has 0 unspecified atom stereocenters. The Morgan fingerprint density at radius 1 is 1.09 bits per heavy atom. The summed E-state index contributed by atoms with van der Waals surface area (Å²) in [6.07, 6.45) is 4.92. The third-order valence-electron chi connectivity index (χ3n) is 5.41. The van der Waals surface area contributed by atoms with Gasteiger partial charge in [0, 0.05) is 18.0 Å².